The molecule has 0 aliphatic heterocycles. The van der Waals surface area contributed by atoms with Gasteiger partial charge in [-0.2, -0.15) is 0 Å². The number of benzene rings is 2. The van der Waals surface area contributed by atoms with Crippen molar-refractivity contribution in [2.75, 3.05) is 0 Å². The minimum absolute atomic E-state index is 0.396. The summed E-state index contributed by atoms with van der Waals surface area (Å²) in [6.45, 7) is 6.99. The smallest absolute Gasteiger partial charge is 0.121 e. The molecule has 0 radical (unpaired) electrons. The molecule has 102 valence electrons. The summed E-state index contributed by atoms with van der Waals surface area (Å²) in [5.41, 5.74) is 5.48. The molecule has 0 amide bonds. The highest BCUT2D eigenvalue weighted by Crippen LogP contribution is 2.32. The number of hydrogen-bond donors (Lipinski definition) is 1. The van der Waals surface area contributed by atoms with Crippen LogP contribution in [0.15, 0.2) is 42.5 Å². The zero-order valence-electron chi connectivity index (χ0n) is 12.1. The lowest BCUT2D eigenvalue weighted by Gasteiger charge is -2.11. The van der Waals surface area contributed by atoms with Crippen molar-refractivity contribution in [2.45, 2.75) is 27.3 Å². The van der Waals surface area contributed by atoms with Gasteiger partial charge >= 0.3 is 0 Å². The Morgan fingerprint density at radius 3 is 2.30 bits per heavy atom. The maximum Gasteiger partial charge on any atom is 0.121 e. The van der Waals surface area contributed by atoms with Gasteiger partial charge in [0.2, 0.25) is 0 Å². The van der Waals surface area contributed by atoms with Gasteiger partial charge < -0.3 is 9.67 Å². The Morgan fingerprint density at radius 2 is 1.65 bits per heavy atom. The molecule has 3 rings (SSSR count). The number of fused-ring (bicyclic) bond motifs is 1. The van der Waals surface area contributed by atoms with Gasteiger partial charge in [0, 0.05) is 23.1 Å². The molecule has 0 aliphatic rings. The zero-order valence-corrected chi connectivity index (χ0v) is 12.1. The molecule has 0 spiro atoms. The Labute approximate surface area is 119 Å². The van der Waals surface area contributed by atoms with Crippen LogP contribution in [-0.4, -0.2) is 9.67 Å². The molecule has 0 atom stereocenters. The SMILES string of the molecule is CCn1c(-c2cc(C)c(O)c(C)c2)cc2ccccc21. The highest BCUT2D eigenvalue weighted by Gasteiger charge is 2.11. The number of phenolic OH excluding ortho intramolecular Hbond substituents is 1. The van der Waals surface area contributed by atoms with Gasteiger partial charge in [0.15, 0.2) is 0 Å². The fraction of sp³-hybridized carbons (Fsp3) is 0.222. The van der Waals surface area contributed by atoms with Crippen LogP contribution in [0.1, 0.15) is 18.1 Å². The molecule has 2 heteroatoms. The largest absolute Gasteiger partial charge is 0.507 e. The number of aryl methyl sites for hydroxylation is 3. The topological polar surface area (TPSA) is 25.2 Å². The summed E-state index contributed by atoms with van der Waals surface area (Å²) >= 11 is 0. The van der Waals surface area contributed by atoms with Gasteiger partial charge in [-0.1, -0.05) is 18.2 Å². The van der Waals surface area contributed by atoms with E-state index in [9.17, 15) is 5.11 Å². The second kappa shape index (κ2) is 4.71. The summed E-state index contributed by atoms with van der Waals surface area (Å²) in [5, 5.41) is 11.2. The molecule has 0 unspecified atom stereocenters. The first-order valence-electron chi connectivity index (χ1n) is 7.00. The first kappa shape index (κ1) is 12.8. The fourth-order valence-electron chi connectivity index (χ4n) is 2.89. The highest BCUT2D eigenvalue weighted by atomic mass is 16.3. The summed E-state index contributed by atoms with van der Waals surface area (Å²) in [4.78, 5) is 0. The van der Waals surface area contributed by atoms with Crippen LogP contribution in [-0.2, 0) is 6.54 Å². The van der Waals surface area contributed by atoms with E-state index in [2.05, 4.69) is 54.0 Å². The van der Waals surface area contributed by atoms with E-state index in [1.54, 1.807) is 0 Å². The normalized spacial score (nSPS) is 11.2. The number of hydrogen-bond acceptors (Lipinski definition) is 1. The van der Waals surface area contributed by atoms with E-state index >= 15 is 0 Å². The van der Waals surface area contributed by atoms with Crippen molar-refractivity contribution < 1.29 is 5.11 Å². The molecule has 0 bridgehead atoms. The number of rotatable bonds is 2. The summed E-state index contributed by atoms with van der Waals surface area (Å²) in [6.07, 6.45) is 0. The average Bonchev–Trinajstić information content (AvgIpc) is 2.82. The molecule has 2 nitrogen and oxygen atoms in total. The van der Waals surface area contributed by atoms with Gasteiger partial charge in [-0.25, -0.2) is 0 Å². The van der Waals surface area contributed by atoms with Crippen molar-refractivity contribution in [3.8, 4) is 17.0 Å². The summed E-state index contributed by atoms with van der Waals surface area (Å²) in [6, 6.07) is 14.8. The standard InChI is InChI=1S/C18H19NO/c1-4-19-16-8-6-5-7-14(16)11-17(19)15-9-12(2)18(20)13(3)10-15/h5-11,20H,4H2,1-3H3. The monoisotopic (exact) mass is 265 g/mol. The van der Waals surface area contributed by atoms with Gasteiger partial charge in [0.25, 0.3) is 0 Å². The predicted molar refractivity (Wildman–Crippen MR) is 84.2 cm³/mol. The minimum atomic E-state index is 0.396. The van der Waals surface area contributed by atoms with Crippen LogP contribution >= 0.6 is 0 Å². The van der Waals surface area contributed by atoms with Crippen LogP contribution < -0.4 is 0 Å². The number of nitrogens with zero attached hydrogens (tertiary/aromatic N) is 1. The van der Waals surface area contributed by atoms with Crippen LogP contribution in [0.3, 0.4) is 0 Å². The van der Waals surface area contributed by atoms with Gasteiger partial charge in [-0.15, -0.1) is 0 Å². The zero-order chi connectivity index (χ0) is 14.3. The second-order valence-corrected chi connectivity index (χ2v) is 5.29. The van der Waals surface area contributed by atoms with Crippen molar-refractivity contribution in [1.82, 2.24) is 4.57 Å². The Hall–Kier alpha value is -2.22. The van der Waals surface area contributed by atoms with Crippen LogP contribution in [0.4, 0.5) is 0 Å². The maximum absolute atomic E-state index is 9.94. The van der Waals surface area contributed by atoms with E-state index in [1.807, 2.05) is 13.8 Å². The first-order valence-corrected chi connectivity index (χ1v) is 7.00. The van der Waals surface area contributed by atoms with E-state index in [0.29, 0.717) is 5.75 Å². The van der Waals surface area contributed by atoms with E-state index in [4.69, 9.17) is 0 Å². The molecule has 1 heterocycles. The number of para-hydroxylation sites is 1. The number of aromatic nitrogens is 1. The quantitative estimate of drug-likeness (QED) is 0.716. The summed E-state index contributed by atoms with van der Waals surface area (Å²) in [5.74, 6) is 0.396. The van der Waals surface area contributed by atoms with Crippen molar-refractivity contribution >= 4 is 10.9 Å². The van der Waals surface area contributed by atoms with Crippen molar-refractivity contribution in [1.29, 1.82) is 0 Å². The third kappa shape index (κ3) is 1.88. The van der Waals surface area contributed by atoms with E-state index in [-0.39, 0.29) is 0 Å². The van der Waals surface area contributed by atoms with Gasteiger partial charge in [0.05, 0.1) is 0 Å². The van der Waals surface area contributed by atoms with Gasteiger partial charge in [0.1, 0.15) is 5.75 Å². The van der Waals surface area contributed by atoms with E-state index < -0.39 is 0 Å². The third-order valence-electron chi connectivity index (χ3n) is 3.91. The third-order valence-corrected chi connectivity index (χ3v) is 3.91. The van der Waals surface area contributed by atoms with E-state index in [0.717, 1.165) is 23.2 Å². The van der Waals surface area contributed by atoms with Crippen LogP contribution in [0.2, 0.25) is 0 Å². The average molecular weight is 265 g/mol. The molecular weight excluding hydrogens is 246 g/mol. The van der Waals surface area contributed by atoms with Crippen LogP contribution in [0.5, 0.6) is 5.75 Å². The lowest BCUT2D eigenvalue weighted by atomic mass is 10.0. The molecule has 0 aliphatic carbocycles. The Kier molecular flexibility index (Phi) is 3.01. The van der Waals surface area contributed by atoms with Crippen LogP contribution in [0, 0.1) is 13.8 Å². The fourth-order valence-corrected chi connectivity index (χ4v) is 2.89. The highest BCUT2D eigenvalue weighted by molar-refractivity contribution is 5.87. The lowest BCUT2D eigenvalue weighted by Crippen LogP contribution is -1.97. The summed E-state index contributed by atoms with van der Waals surface area (Å²) in [7, 11) is 0. The number of aromatic hydroxyl groups is 1. The molecule has 2 aromatic carbocycles. The Bertz CT molecular complexity index is 760. The molecule has 1 N–H and O–H groups in total. The summed E-state index contributed by atoms with van der Waals surface area (Å²) < 4.78 is 2.32. The molecular formula is C18H19NO. The molecule has 1 aromatic heterocycles. The second-order valence-electron chi connectivity index (χ2n) is 5.29. The van der Waals surface area contributed by atoms with Gasteiger partial charge in [-0.05, 0) is 61.7 Å². The molecule has 0 saturated carbocycles. The predicted octanol–water partition coefficient (Wildman–Crippen LogP) is 4.65. The minimum Gasteiger partial charge on any atom is -0.507 e. The van der Waals surface area contributed by atoms with Crippen molar-refractivity contribution in [3.05, 3.63) is 53.6 Å². The first-order chi connectivity index (χ1) is 9.61. The van der Waals surface area contributed by atoms with Crippen molar-refractivity contribution in [2.24, 2.45) is 0 Å². The van der Waals surface area contributed by atoms with E-state index in [1.165, 1.54) is 16.6 Å². The lowest BCUT2D eigenvalue weighted by molar-refractivity contribution is 0.467. The maximum atomic E-state index is 9.94. The Morgan fingerprint density at radius 1 is 1.00 bits per heavy atom. The molecule has 3 aromatic rings. The molecule has 20 heavy (non-hydrogen) atoms. The van der Waals surface area contributed by atoms with Crippen molar-refractivity contribution in [3.63, 3.8) is 0 Å². The molecule has 0 saturated heterocycles. The van der Waals surface area contributed by atoms with Gasteiger partial charge in [-0.3, -0.25) is 0 Å². The molecule has 0 fully saturated rings. The van der Waals surface area contributed by atoms with Crippen LogP contribution in [0.25, 0.3) is 22.2 Å². The number of phenols is 1. The Balaban J connectivity index is 2.29.